The number of hydrogen-bond donors (Lipinski definition) is 2. The van der Waals surface area contributed by atoms with Crippen LogP contribution in [0.15, 0.2) is 48.6 Å². The number of amides is 2. The molecular weight excluding hydrogens is 489 g/mol. The Morgan fingerprint density at radius 3 is 1.47 bits per heavy atom. The number of halogens is 4. The Morgan fingerprint density at radius 2 is 1.15 bits per heavy atom. The molecule has 2 amide bonds. The molecule has 5 rings (SSSR count). The fourth-order valence-electron chi connectivity index (χ4n) is 4.19. The van der Waals surface area contributed by atoms with E-state index in [-0.39, 0.29) is 46.6 Å². The number of carbonyl (C=O) groups excluding carboxylic acids is 2. The van der Waals surface area contributed by atoms with Gasteiger partial charge in [0.15, 0.2) is 13.2 Å². The van der Waals surface area contributed by atoms with E-state index in [1.165, 1.54) is 24.3 Å². The maximum atomic E-state index is 13.5. The second-order valence-corrected chi connectivity index (χ2v) is 9.29. The van der Waals surface area contributed by atoms with E-state index in [1.54, 1.807) is 0 Å². The molecule has 0 saturated heterocycles. The molecule has 3 aliphatic rings. The summed E-state index contributed by atoms with van der Waals surface area (Å²) in [7, 11) is 0. The maximum absolute atomic E-state index is 13.5. The Morgan fingerprint density at radius 1 is 0.765 bits per heavy atom. The standard InChI is InChI=1S/C24H22Cl2F2N2O4/c25-17-3-1-15(11-19(17)27)33-13-21(31)29-23-5-8-24(9-6-23,10-7-23)30-22(32)14-34-16-2-4-18(26)20(28)12-16/h1-5,8,11-12H,6-7,9-10,13-14H2,(H,29,31)(H,30,32). The van der Waals surface area contributed by atoms with Gasteiger partial charge in [0, 0.05) is 12.1 Å². The minimum Gasteiger partial charge on any atom is -0.484 e. The molecule has 0 unspecified atom stereocenters. The Bertz CT molecular complexity index is 1050. The van der Waals surface area contributed by atoms with Crippen LogP contribution in [0.25, 0.3) is 0 Å². The summed E-state index contributed by atoms with van der Waals surface area (Å²) in [6, 6.07) is 7.95. The number of ether oxygens (including phenoxy) is 2. The van der Waals surface area contributed by atoms with E-state index in [2.05, 4.69) is 10.6 Å². The van der Waals surface area contributed by atoms with Crippen molar-refractivity contribution in [2.24, 2.45) is 0 Å². The summed E-state index contributed by atoms with van der Waals surface area (Å²) in [5.41, 5.74) is -1.04. The third-order valence-electron chi connectivity index (χ3n) is 6.05. The van der Waals surface area contributed by atoms with E-state index in [1.807, 2.05) is 12.2 Å². The summed E-state index contributed by atoms with van der Waals surface area (Å²) in [6.45, 7) is -0.525. The third-order valence-corrected chi connectivity index (χ3v) is 6.67. The molecule has 0 spiro atoms. The molecule has 2 N–H and O–H groups in total. The van der Waals surface area contributed by atoms with Crippen molar-refractivity contribution in [3.8, 4) is 11.5 Å². The molecule has 1 saturated carbocycles. The molecule has 0 atom stereocenters. The van der Waals surface area contributed by atoms with Crippen molar-refractivity contribution in [3.05, 3.63) is 70.2 Å². The van der Waals surface area contributed by atoms with Crippen molar-refractivity contribution in [3.63, 3.8) is 0 Å². The van der Waals surface area contributed by atoms with Gasteiger partial charge in [0.05, 0.1) is 21.1 Å². The summed E-state index contributed by atoms with van der Waals surface area (Å²) >= 11 is 11.3. The van der Waals surface area contributed by atoms with Gasteiger partial charge in [0.25, 0.3) is 11.8 Å². The van der Waals surface area contributed by atoms with E-state index < -0.39 is 22.7 Å². The molecule has 2 bridgehead atoms. The topological polar surface area (TPSA) is 76.7 Å². The van der Waals surface area contributed by atoms with Gasteiger partial charge < -0.3 is 20.1 Å². The lowest BCUT2D eigenvalue weighted by Gasteiger charge is -2.49. The van der Waals surface area contributed by atoms with E-state index >= 15 is 0 Å². The minimum atomic E-state index is -0.621. The quantitative estimate of drug-likeness (QED) is 0.509. The molecule has 0 aromatic heterocycles. The largest absolute Gasteiger partial charge is 0.484 e. The summed E-state index contributed by atoms with van der Waals surface area (Å²) in [6.07, 6.45) is 6.33. The average Bonchev–Trinajstić information content (AvgIpc) is 2.82. The number of rotatable bonds is 8. The van der Waals surface area contributed by atoms with Gasteiger partial charge >= 0.3 is 0 Å². The van der Waals surface area contributed by atoms with Crippen molar-refractivity contribution in [2.45, 2.75) is 36.8 Å². The molecule has 0 radical (unpaired) electrons. The Hall–Kier alpha value is -2.84. The first-order valence-corrected chi connectivity index (χ1v) is 11.4. The lowest BCUT2D eigenvalue weighted by molar-refractivity contribution is -0.127. The van der Waals surface area contributed by atoms with Gasteiger partial charge in [-0.1, -0.05) is 35.4 Å². The van der Waals surface area contributed by atoms with Crippen LogP contribution >= 0.6 is 23.2 Å². The van der Waals surface area contributed by atoms with Gasteiger partial charge in [-0.2, -0.15) is 0 Å². The van der Waals surface area contributed by atoms with Gasteiger partial charge in [0.1, 0.15) is 23.1 Å². The zero-order valence-electron chi connectivity index (χ0n) is 18.0. The highest BCUT2D eigenvalue weighted by Crippen LogP contribution is 2.42. The monoisotopic (exact) mass is 510 g/mol. The van der Waals surface area contributed by atoms with E-state index in [4.69, 9.17) is 32.7 Å². The molecule has 3 aliphatic carbocycles. The highest BCUT2D eigenvalue weighted by atomic mass is 35.5. The number of hydrogen-bond acceptors (Lipinski definition) is 4. The van der Waals surface area contributed by atoms with E-state index in [0.29, 0.717) is 25.7 Å². The normalized spacial score (nSPS) is 22.8. The Labute approximate surface area is 205 Å². The number of benzene rings is 2. The van der Waals surface area contributed by atoms with Crippen LogP contribution in [0.1, 0.15) is 25.7 Å². The van der Waals surface area contributed by atoms with Crippen molar-refractivity contribution >= 4 is 35.0 Å². The van der Waals surface area contributed by atoms with Gasteiger partial charge in [-0.15, -0.1) is 0 Å². The van der Waals surface area contributed by atoms with Crippen LogP contribution < -0.4 is 20.1 Å². The third kappa shape index (κ3) is 5.62. The van der Waals surface area contributed by atoms with Gasteiger partial charge in [-0.3, -0.25) is 9.59 Å². The molecule has 6 nitrogen and oxygen atoms in total. The summed E-state index contributed by atoms with van der Waals surface area (Å²) in [5.74, 6) is -1.48. The summed E-state index contributed by atoms with van der Waals surface area (Å²) in [5, 5.41) is 5.93. The van der Waals surface area contributed by atoms with Crippen LogP contribution in [0.5, 0.6) is 11.5 Å². The molecule has 34 heavy (non-hydrogen) atoms. The molecular formula is C24H22Cl2F2N2O4. The lowest BCUT2D eigenvalue weighted by Crippen LogP contribution is -2.61. The summed E-state index contributed by atoms with van der Waals surface area (Å²) in [4.78, 5) is 24.9. The van der Waals surface area contributed by atoms with Crippen molar-refractivity contribution in [1.29, 1.82) is 0 Å². The zero-order chi connectivity index (χ0) is 24.3. The van der Waals surface area contributed by atoms with Crippen LogP contribution in [0, 0.1) is 11.6 Å². The van der Waals surface area contributed by atoms with Crippen LogP contribution in [-0.4, -0.2) is 36.1 Å². The predicted molar refractivity (Wildman–Crippen MR) is 123 cm³/mol. The smallest absolute Gasteiger partial charge is 0.258 e. The minimum absolute atomic E-state index is 0.0220. The SMILES string of the molecule is O=C(COc1ccc(Cl)c(F)c1)NC12C=CC(NC(=O)COc3ccc(Cl)c(F)c3)(CC1)CC2. The second-order valence-electron chi connectivity index (χ2n) is 8.47. The van der Waals surface area contributed by atoms with Crippen molar-refractivity contribution in [2.75, 3.05) is 13.2 Å². The van der Waals surface area contributed by atoms with E-state index in [0.717, 1.165) is 12.1 Å². The van der Waals surface area contributed by atoms with Crippen molar-refractivity contribution < 1.29 is 27.8 Å². The molecule has 0 heterocycles. The van der Waals surface area contributed by atoms with Crippen molar-refractivity contribution in [1.82, 2.24) is 10.6 Å². The highest BCUT2D eigenvalue weighted by molar-refractivity contribution is 6.31. The zero-order valence-corrected chi connectivity index (χ0v) is 19.5. The number of carbonyl (C=O) groups is 2. The lowest BCUT2D eigenvalue weighted by atomic mass is 9.66. The first-order valence-electron chi connectivity index (χ1n) is 10.7. The van der Waals surface area contributed by atoms with Gasteiger partial charge in [0.2, 0.25) is 0 Å². The fraction of sp³-hybridized carbons (Fsp3) is 0.333. The number of nitrogens with one attached hydrogen (secondary N) is 2. The second kappa shape index (κ2) is 9.80. The van der Waals surface area contributed by atoms with E-state index in [9.17, 15) is 18.4 Å². The maximum Gasteiger partial charge on any atom is 0.258 e. The van der Waals surface area contributed by atoms with Gasteiger partial charge in [-0.25, -0.2) is 8.78 Å². The average molecular weight is 511 g/mol. The van der Waals surface area contributed by atoms with Crippen LogP contribution in [0.2, 0.25) is 10.0 Å². The molecule has 180 valence electrons. The highest BCUT2D eigenvalue weighted by Gasteiger charge is 2.46. The molecule has 2 aromatic carbocycles. The fourth-order valence-corrected chi connectivity index (χ4v) is 4.42. The van der Waals surface area contributed by atoms with Crippen LogP contribution in [0.4, 0.5) is 8.78 Å². The molecule has 10 heteroatoms. The number of fused-ring (bicyclic) bond motifs is 2. The summed E-state index contributed by atoms with van der Waals surface area (Å²) < 4.78 is 37.7. The first-order chi connectivity index (χ1) is 16.2. The predicted octanol–water partition coefficient (Wildman–Crippen LogP) is 4.58. The Kier molecular flexibility index (Phi) is 7.00. The van der Waals surface area contributed by atoms with Crippen LogP contribution in [0.3, 0.4) is 0 Å². The van der Waals surface area contributed by atoms with Crippen LogP contribution in [-0.2, 0) is 9.59 Å². The first kappa shape index (κ1) is 24.3. The molecule has 1 fully saturated rings. The molecule has 0 aliphatic heterocycles. The molecule has 2 aromatic rings. The Balaban J connectivity index is 1.27. The van der Waals surface area contributed by atoms with Gasteiger partial charge in [-0.05, 0) is 49.9 Å².